The lowest BCUT2D eigenvalue weighted by Crippen LogP contribution is -2.45. The summed E-state index contributed by atoms with van der Waals surface area (Å²) in [4.78, 5) is 15.4. The molecule has 124 valence electrons. The van der Waals surface area contributed by atoms with Crippen LogP contribution in [0.15, 0.2) is 24.3 Å². The average Bonchev–Trinajstić information content (AvgIpc) is 3.30. The van der Waals surface area contributed by atoms with E-state index in [1.54, 1.807) is 0 Å². The highest BCUT2D eigenvalue weighted by molar-refractivity contribution is 5.96. The van der Waals surface area contributed by atoms with E-state index >= 15 is 0 Å². The highest BCUT2D eigenvalue weighted by Crippen LogP contribution is 2.43. The third kappa shape index (κ3) is 2.90. The van der Waals surface area contributed by atoms with Crippen molar-refractivity contribution < 1.29 is 4.79 Å². The number of carbonyl (C=O) groups excluding carboxylic acids is 1. The van der Waals surface area contributed by atoms with E-state index in [-0.39, 0.29) is 5.92 Å². The Morgan fingerprint density at radius 1 is 1.26 bits per heavy atom. The molecule has 1 aromatic rings. The smallest absolute Gasteiger partial charge is 0.231 e. The lowest BCUT2D eigenvalue weighted by Gasteiger charge is -2.37. The predicted octanol–water partition coefficient (Wildman–Crippen LogP) is 1.79. The third-order valence-electron chi connectivity index (χ3n) is 5.88. The van der Waals surface area contributed by atoms with Crippen molar-refractivity contribution in [1.82, 2.24) is 5.32 Å². The molecule has 23 heavy (non-hydrogen) atoms. The first-order chi connectivity index (χ1) is 11.3. The zero-order valence-corrected chi connectivity index (χ0v) is 13.7. The van der Waals surface area contributed by atoms with Gasteiger partial charge in [-0.3, -0.25) is 4.79 Å². The molecule has 0 spiro atoms. The van der Waals surface area contributed by atoms with Gasteiger partial charge in [0.05, 0.1) is 5.92 Å². The summed E-state index contributed by atoms with van der Waals surface area (Å²) >= 11 is 0. The van der Waals surface area contributed by atoms with Crippen LogP contribution >= 0.6 is 0 Å². The molecule has 1 saturated carbocycles. The second kappa shape index (κ2) is 6.25. The largest absolute Gasteiger partial charge is 0.330 e. The van der Waals surface area contributed by atoms with Crippen molar-refractivity contribution in [3.8, 4) is 0 Å². The zero-order valence-electron chi connectivity index (χ0n) is 13.7. The number of hydrogen-bond acceptors (Lipinski definition) is 3. The Kier molecular flexibility index (Phi) is 4.12. The van der Waals surface area contributed by atoms with Crippen LogP contribution in [0.2, 0.25) is 0 Å². The second-order valence-electron chi connectivity index (χ2n) is 7.49. The van der Waals surface area contributed by atoms with Gasteiger partial charge in [-0.1, -0.05) is 18.2 Å². The van der Waals surface area contributed by atoms with E-state index in [1.165, 1.54) is 18.4 Å². The summed E-state index contributed by atoms with van der Waals surface area (Å²) in [7, 11) is 0. The molecular weight excluding hydrogens is 286 g/mol. The average molecular weight is 313 g/mol. The maximum atomic E-state index is 13.3. The number of benzene rings is 1. The summed E-state index contributed by atoms with van der Waals surface area (Å²) in [5, 5.41) is 3.46. The Labute approximate surface area is 138 Å². The van der Waals surface area contributed by atoms with Gasteiger partial charge in [0.2, 0.25) is 5.91 Å². The summed E-state index contributed by atoms with van der Waals surface area (Å²) in [5.41, 5.74) is 8.22. The minimum Gasteiger partial charge on any atom is -0.330 e. The first-order valence-electron chi connectivity index (χ1n) is 9.08. The number of anilines is 1. The van der Waals surface area contributed by atoms with E-state index in [4.69, 9.17) is 5.73 Å². The van der Waals surface area contributed by atoms with Crippen LogP contribution in [0.4, 0.5) is 5.69 Å². The van der Waals surface area contributed by atoms with Crippen LogP contribution < -0.4 is 16.0 Å². The minimum atomic E-state index is 0.159. The Morgan fingerprint density at radius 3 is 2.87 bits per heavy atom. The molecule has 2 fully saturated rings. The molecule has 1 aliphatic carbocycles. The van der Waals surface area contributed by atoms with Crippen molar-refractivity contribution >= 4 is 11.6 Å². The number of para-hydroxylation sites is 1. The summed E-state index contributed by atoms with van der Waals surface area (Å²) < 4.78 is 0. The van der Waals surface area contributed by atoms with E-state index in [2.05, 4.69) is 28.4 Å². The number of rotatable bonds is 4. The molecular formula is C19H27N3O. The van der Waals surface area contributed by atoms with Gasteiger partial charge < -0.3 is 16.0 Å². The summed E-state index contributed by atoms with van der Waals surface area (Å²) in [5.74, 6) is 2.31. The molecule has 1 unspecified atom stereocenters. The molecule has 3 atom stereocenters. The van der Waals surface area contributed by atoms with Gasteiger partial charge in [0.25, 0.3) is 0 Å². The monoisotopic (exact) mass is 313 g/mol. The standard InChI is InChI=1S/C19H27N3O/c20-8-7-13-9-15-3-1-2-4-18(15)22(12-13)19(23)17-11-21-10-16(17)14-5-6-14/h1-4,13-14,16-17,21H,5-12,20H2/t13?,16-,17+/m0/s1. The van der Waals surface area contributed by atoms with E-state index in [1.807, 2.05) is 6.07 Å². The van der Waals surface area contributed by atoms with Crippen LogP contribution in [0.25, 0.3) is 0 Å². The molecule has 4 rings (SSSR count). The minimum absolute atomic E-state index is 0.159. The van der Waals surface area contributed by atoms with Gasteiger partial charge >= 0.3 is 0 Å². The lowest BCUT2D eigenvalue weighted by molar-refractivity contribution is -0.123. The Balaban J connectivity index is 1.59. The number of hydrogen-bond donors (Lipinski definition) is 2. The van der Waals surface area contributed by atoms with E-state index < -0.39 is 0 Å². The third-order valence-corrected chi connectivity index (χ3v) is 5.88. The van der Waals surface area contributed by atoms with Crippen molar-refractivity contribution in [2.24, 2.45) is 29.4 Å². The highest BCUT2D eigenvalue weighted by atomic mass is 16.2. The number of amides is 1. The lowest BCUT2D eigenvalue weighted by atomic mass is 9.86. The maximum Gasteiger partial charge on any atom is 0.231 e. The first kappa shape index (κ1) is 15.2. The molecule has 1 aromatic carbocycles. The highest BCUT2D eigenvalue weighted by Gasteiger charge is 2.44. The molecule has 3 N–H and O–H groups in total. The molecule has 2 heterocycles. The van der Waals surface area contributed by atoms with Gasteiger partial charge in [-0.15, -0.1) is 0 Å². The molecule has 0 bridgehead atoms. The zero-order chi connectivity index (χ0) is 15.8. The quantitative estimate of drug-likeness (QED) is 0.891. The Bertz CT molecular complexity index is 584. The number of nitrogens with two attached hydrogens (primary N) is 1. The number of fused-ring (bicyclic) bond motifs is 1. The van der Waals surface area contributed by atoms with Gasteiger partial charge in [0, 0.05) is 18.8 Å². The summed E-state index contributed by atoms with van der Waals surface area (Å²) in [6, 6.07) is 8.41. The van der Waals surface area contributed by atoms with Gasteiger partial charge in [-0.05, 0) is 68.2 Å². The topological polar surface area (TPSA) is 58.4 Å². The number of carbonyl (C=O) groups is 1. The maximum absolute atomic E-state index is 13.3. The number of nitrogens with one attached hydrogen (secondary N) is 1. The van der Waals surface area contributed by atoms with Gasteiger partial charge in [-0.25, -0.2) is 0 Å². The van der Waals surface area contributed by atoms with Crippen LogP contribution in [0, 0.1) is 23.7 Å². The van der Waals surface area contributed by atoms with E-state index in [9.17, 15) is 4.79 Å². The normalized spacial score (nSPS) is 30.3. The van der Waals surface area contributed by atoms with E-state index in [0.717, 1.165) is 44.1 Å². The Morgan fingerprint density at radius 2 is 2.09 bits per heavy atom. The van der Waals surface area contributed by atoms with Gasteiger partial charge in [0.15, 0.2) is 0 Å². The van der Waals surface area contributed by atoms with Gasteiger partial charge in [0.1, 0.15) is 0 Å². The van der Waals surface area contributed by atoms with Crippen molar-refractivity contribution in [1.29, 1.82) is 0 Å². The molecule has 4 nitrogen and oxygen atoms in total. The summed E-state index contributed by atoms with van der Waals surface area (Å²) in [6.07, 6.45) is 4.66. The molecule has 0 aromatic heterocycles. The first-order valence-corrected chi connectivity index (χ1v) is 9.08. The molecule has 4 heteroatoms. The molecule has 1 amide bonds. The summed E-state index contributed by atoms with van der Waals surface area (Å²) in [6.45, 7) is 3.40. The fourth-order valence-corrected chi connectivity index (χ4v) is 4.51. The SMILES string of the molecule is NCCC1Cc2ccccc2N(C(=O)[C@@H]2CNC[C@H]2C2CC2)C1. The van der Waals surface area contributed by atoms with Crippen LogP contribution in [0.1, 0.15) is 24.8 Å². The molecule has 3 aliphatic rings. The van der Waals surface area contributed by atoms with Crippen LogP contribution in [-0.2, 0) is 11.2 Å². The van der Waals surface area contributed by atoms with Crippen molar-refractivity contribution in [3.63, 3.8) is 0 Å². The van der Waals surface area contributed by atoms with Crippen molar-refractivity contribution in [3.05, 3.63) is 29.8 Å². The molecule has 2 aliphatic heterocycles. The van der Waals surface area contributed by atoms with Crippen LogP contribution in [0.5, 0.6) is 0 Å². The predicted molar refractivity (Wildman–Crippen MR) is 92.2 cm³/mol. The van der Waals surface area contributed by atoms with E-state index in [0.29, 0.717) is 24.3 Å². The second-order valence-corrected chi connectivity index (χ2v) is 7.49. The fourth-order valence-electron chi connectivity index (χ4n) is 4.51. The van der Waals surface area contributed by atoms with Crippen LogP contribution in [-0.4, -0.2) is 32.1 Å². The molecule has 0 radical (unpaired) electrons. The molecule has 1 saturated heterocycles. The van der Waals surface area contributed by atoms with Crippen molar-refractivity contribution in [2.75, 3.05) is 31.1 Å². The van der Waals surface area contributed by atoms with Gasteiger partial charge in [-0.2, -0.15) is 0 Å². The Hall–Kier alpha value is -1.39. The van der Waals surface area contributed by atoms with Crippen LogP contribution in [0.3, 0.4) is 0 Å². The fraction of sp³-hybridized carbons (Fsp3) is 0.632. The van der Waals surface area contributed by atoms with Crippen molar-refractivity contribution in [2.45, 2.75) is 25.7 Å². The number of nitrogens with zero attached hydrogens (tertiary/aromatic N) is 1.